The number of sulfonamides is 1. The second-order valence-corrected chi connectivity index (χ2v) is 6.48. The summed E-state index contributed by atoms with van der Waals surface area (Å²) in [7, 11) is -3.84. The highest BCUT2D eigenvalue weighted by Crippen LogP contribution is 2.20. The summed E-state index contributed by atoms with van der Waals surface area (Å²) in [6.07, 6.45) is 1.48. The lowest BCUT2D eigenvalue weighted by atomic mass is 10.3. The van der Waals surface area contributed by atoms with Crippen LogP contribution in [0.5, 0.6) is 0 Å². The molecule has 0 aliphatic carbocycles. The molecule has 0 saturated carbocycles. The summed E-state index contributed by atoms with van der Waals surface area (Å²) in [5.74, 6) is -0.393. The van der Waals surface area contributed by atoms with Crippen molar-refractivity contribution in [3.8, 4) is 0 Å². The van der Waals surface area contributed by atoms with Crippen LogP contribution in [0.3, 0.4) is 0 Å². The Morgan fingerprint density at radius 2 is 2.05 bits per heavy atom. The van der Waals surface area contributed by atoms with E-state index in [2.05, 4.69) is 25.6 Å². The van der Waals surface area contributed by atoms with Gasteiger partial charge in [-0.1, -0.05) is 6.07 Å². The number of aryl methyl sites for hydroxylation is 1. The average molecular weight is 345 g/mol. The number of pyridine rings is 1. The van der Waals surface area contributed by atoms with E-state index in [1.165, 1.54) is 24.4 Å². The van der Waals surface area contributed by atoms with E-state index in [4.69, 9.17) is 0 Å². The average Bonchev–Trinajstić information content (AvgIpc) is 2.33. The summed E-state index contributed by atoms with van der Waals surface area (Å²) < 4.78 is 40.3. The van der Waals surface area contributed by atoms with Crippen molar-refractivity contribution in [3.63, 3.8) is 0 Å². The van der Waals surface area contributed by atoms with E-state index in [1.807, 2.05) is 0 Å². The highest BCUT2D eigenvalue weighted by Gasteiger charge is 2.16. The zero-order valence-corrected chi connectivity index (χ0v) is 12.3. The number of aromatic nitrogens is 1. The Morgan fingerprint density at radius 1 is 1.32 bits per heavy atom. The third-order valence-electron chi connectivity index (χ3n) is 2.38. The van der Waals surface area contributed by atoms with Gasteiger partial charge in [-0.25, -0.2) is 17.8 Å². The Hall–Kier alpha value is -1.47. The molecule has 0 unspecified atom stereocenters. The van der Waals surface area contributed by atoms with E-state index in [0.717, 1.165) is 10.5 Å². The van der Waals surface area contributed by atoms with Gasteiger partial charge in [0.05, 0.1) is 4.90 Å². The third kappa shape index (κ3) is 3.30. The van der Waals surface area contributed by atoms with E-state index in [9.17, 15) is 12.8 Å². The second kappa shape index (κ2) is 5.26. The predicted molar refractivity (Wildman–Crippen MR) is 73.9 cm³/mol. The molecular formula is C12H10BrFN2O2S. The van der Waals surface area contributed by atoms with Crippen molar-refractivity contribution in [2.24, 2.45) is 0 Å². The van der Waals surface area contributed by atoms with Gasteiger partial charge in [0.1, 0.15) is 11.6 Å². The van der Waals surface area contributed by atoms with Gasteiger partial charge < -0.3 is 0 Å². The quantitative estimate of drug-likeness (QED) is 0.930. The molecule has 1 aromatic heterocycles. The zero-order chi connectivity index (χ0) is 14.0. The van der Waals surface area contributed by atoms with Crippen molar-refractivity contribution in [3.05, 3.63) is 52.4 Å². The van der Waals surface area contributed by atoms with Crippen LogP contribution in [-0.2, 0) is 10.0 Å². The summed E-state index contributed by atoms with van der Waals surface area (Å²) in [5.41, 5.74) is 0.661. The fraction of sp³-hybridized carbons (Fsp3) is 0.0833. The Balaban J connectivity index is 2.36. The number of benzene rings is 1. The molecule has 100 valence electrons. The molecule has 0 amide bonds. The van der Waals surface area contributed by atoms with Crippen LogP contribution in [0, 0.1) is 12.7 Å². The van der Waals surface area contributed by atoms with E-state index < -0.39 is 15.8 Å². The summed E-state index contributed by atoms with van der Waals surface area (Å²) >= 11 is 3.24. The van der Waals surface area contributed by atoms with Crippen molar-refractivity contribution < 1.29 is 12.8 Å². The summed E-state index contributed by atoms with van der Waals surface area (Å²) in [5, 5.41) is 0. The van der Waals surface area contributed by atoms with E-state index in [0.29, 0.717) is 5.56 Å². The largest absolute Gasteiger partial charge is 0.263 e. The van der Waals surface area contributed by atoms with Crippen LogP contribution in [-0.4, -0.2) is 13.4 Å². The van der Waals surface area contributed by atoms with Crippen LogP contribution in [0.25, 0.3) is 0 Å². The van der Waals surface area contributed by atoms with Gasteiger partial charge in [-0.3, -0.25) is 4.72 Å². The minimum atomic E-state index is -3.84. The highest BCUT2D eigenvalue weighted by atomic mass is 79.9. The van der Waals surface area contributed by atoms with Crippen LogP contribution < -0.4 is 4.72 Å². The molecule has 0 bridgehead atoms. The Labute approximate surface area is 118 Å². The molecule has 1 heterocycles. The molecule has 4 nitrogen and oxygen atoms in total. The van der Waals surface area contributed by atoms with E-state index in [1.54, 1.807) is 13.0 Å². The maximum Gasteiger partial charge on any atom is 0.263 e. The van der Waals surface area contributed by atoms with E-state index >= 15 is 0 Å². The van der Waals surface area contributed by atoms with Crippen molar-refractivity contribution in [2.45, 2.75) is 11.8 Å². The van der Waals surface area contributed by atoms with Gasteiger partial charge in [0, 0.05) is 10.7 Å². The number of nitrogens with one attached hydrogen (secondary N) is 1. The maximum atomic E-state index is 13.1. The van der Waals surface area contributed by atoms with Crippen molar-refractivity contribution >= 4 is 31.8 Å². The Bertz CT molecular complexity index is 719. The number of hydrogen-bond acceptors (Lipinski definition) is 3. The Morgan fingerprint density at radius 3 is 2.68 bits per heavy atom. The molecule has 2 rings (SSSR count). The van der Waals surface area contributed by atoms with Gasteiger partial charge in [0.25, 0.3) is 10.0 Å². The summed E-state index contributed by atoms with van der Waals surface area (Å²) in [6.45, 7) is 1.72. The highest BCUT2D eigenvalue weighted by molar-refractivity contribution is 9.10. The molecule has 0 aliphatic heterocycles. The first kappa shape index (κ1) is 14.0. The maximum absolute atomic E-state index is 13.1. The van der Waals surface area contributed by atoms with Crippen LogP contribution in [0.2, 0.25) is 0 Å². The minimum Gasteiger partial charge on any atom is -0.263 e. The lowest BCUT2D eigenvalue weighted by Gasteiger charge is -2.09. The molecule has 2 aromatic rings. The van der Waals surface area contributed by atoms with Crippen molar-refractivity contribution in [2.75, 3.05) is 4.72 Å². The van der Waals surface area contributed by atoms with E-state index in [-0.39, 0.29) is 10.7 Å². The number of halogens is 2. The van der Waals surface area contributed by atoms with Crippen LogP contribution in [0.1, 0.15) is 5.56 Å². The molecule has 7 heteroatoms. The monoisotopic (exact) mass is 344 g/mol. The molecule has 0 atom stereocenters. The fourth-order valence-electron chi connectivity index (χ4n) is 1.47. The first-order valence-corrected chi connectivity index (χ1v) is 7.56. The molecule has 0 aliphatic rings. The van der Waals surface area contributed by atoms with Gasteiger partial charge in [-0.05, 0) is 52.7 Å². The first-order valence-electron chi connectivity index (χ1n) is 5.29. The molecular weight excluding hydrogens is 335 g/mol. The van der Waals surface area contributed by atoms with Gasteiger partial charge in [-0.15, -0.1) is 0 Å². The molecule has 0 spiro atoms. The van der Waals surface area contributed by atoms with Crippen LogP contribution >= 0.6 is 15.9 Å². The van der Waals surface area contributed by atoms with Crippen LogP contribution in [0.15, 0.2) is 45.9 Å². The van der Waals surface area contributed by atoms with Gasteiger partial charge in [-0.2, -0.15) is 0 Å². The molecule has 1 N–H and O–H groups in total. The molecule has 19 heavy (non-hydrogen) atoms. The standard InChI is InChI=1S/C12H10BrFN2O2S/c1-8-5-9(13)7-15-12(8)16-19(17,18)11-4-2-3-10(14)6-11/h2-7H,1H3,(H,15,16). The number of anilines is 1. The molecule has 1 aromatic carbocycles. The third-order valence-corrected chi connectivity index (χ3v) is 4.15. The van der Waals surface area contributed by atoms with Crippen LogP contribution in [0.4, 0.5) is 10.2 Å². The fourth-order valence-corrected chi connectivity index (χ4v) is 3.02. The first-order chi connectivity index (χ1) is 8.88. The Kier molecular flexibility index (Phi) is 3.86. The number of nitrogens with zero attached hydrogens (tertiary/aromatic N) is 1. The van der Waals surface area contributed by atoms with Crippen molar-refractivity contribution in [1.82, 2.24) is 4.98 Å². The topological polar surface area (TPSA) is 59.1 Å². The summed E-state index contributed by atoms with van der Waals surface area (Å²) in [4.78, 5) is 3.84. The molecule has 0 radical (unpaired) electrons. The smallest absolute Gasteiger partial charge is 0.263 e. The zero-order valence-electron chi connectivity index (χ0n) is 9.89. The molecule has 0 fully saturated rings. The number of rotatable bonds is 3. The van der Waals surface area contributed by atoms with Gasteiger partial charge in [0.2, 0.25) is 0 Å². The lowest BCUT2D eigenvalue weighted by molar-refractivity contribution is 0.595. The summed E-state index contributed by atoms with van der Waals surface area (Å²) in [6, 6.07) is 6.53. The SMILES string of the molecule is Cc1cc(Br)cnc1NS(=O)(=O)c1cccc(F)c1. The van der Waals surface area contributed by atoms with Gasteiger partial charge in [0.15, 0.2) is 0 Å². The van der Waals surface area contributed by atoms with Gasteiger partial charge >= 0.3 is 0 Å². The number of hydrogen-bond donors (Lipinski definition) is 1. The minimum absolute atomic E-state index is 0.142. The van der Waals surface area contributed by atoms with Crippen molar-refractivity contribution in [1.29, 1.82) is 0 Å². The lowest BCUT2D eigenvalue weighted by Crippen LogP contribution is -2.15. The molecule has 0 saturated heterocycles. The second-order valence-electron chi connectivity index (χ2n) is 3.88. The predicted octanol–water partition coefficient (Wildman–Crippen LogP) is 3.09. The normalized spacial score (nSPS) is 11.3.